The number of halogens is 8. The molecule has 4 aromatic rings. The number of fused-ring (bicyclic) bond motifs is 1. The first-order valence-electron chi connectivity index (χ1n) is 13.8. The van der Waals surface area contributed by atoms with E-state index in [9.17, 15) is 35.3 Å². The van der Waals surface area contributed by atoms with Gasteiger partial charge in [-0.3, -0.25) is 4.94 Å². The molecule has 0 aliphatic rings. The number of hydrogen-bond acceptors (Lipinski definition) is 4. The van der Waals surface area contributed by atoms with Crippen LogP contribution in [0, 0.1) is 34.9 Å². The molecular weight excluding hydrogens is 600 g/mol. The molecule has 0 aliphatic heterocycles. The van der Waals surface area contributed by atoms with Crippen molar-refractivity contribution >= 4 is 10.8 Å². The maximum absolute atomic E-state index is 14.2. The summed E-state index contributed by atoms with van der Waals surface area (Å²) in [5, 5.41) is -1.08. The molecule has 0 saturated carbocycles. The number of alkyl halides is 1. The Kier molecular flexibility index (Phi) is 12.5. The van der Waals surface area contributed by atoms with Gasteiger partial charge in [-0.05, 0) is 55.2 Å². The van der Waals surface area contributed by atoms with Crippen molar-refractivity contribution in [2.75, 3.05) is 19.8 Å². The van der Waals surface area contributed by atoms with E-state index in [2.05, 4.69) is 4.94 Å². The maximum atomic E-state index is 14.2. The molecule has 0 aromatic heterocycles. The minimum atomic E-state index is -1.94. The number of benzene rings is 4. The van der Waals surface area contributed by atoms with Crippen LogP contribution in [0.15, 0.2) is 42.5 Å². The molecule has 0 atom stereocenters. The van der Waals surface area contributed by atoms with Gasteiger partial charge in [-0.25, -0.2) is 30.7 Å². The molecule has 0 saturated heterocycles. The highest BCUT2D eigenvalue weighted by Crippen LogP contribution is 2.43. The van der Waals surface area contributed by atoms with Crippen molar-refractivity contribution in [3.63, 3.8) is 0 Å². The van der Waals surface area contributed by atoms with Crippen LogP contribution in [0.25, 0.3) is 21.9 Å². The summed E-state index contributed by atoms with van der Waals surface area (Å²) in [7, 11) is 0. The van der Waals surface area contributed by atoms with Crippen molar-refractivity contribution in [2.45, 2.75) is 46.7 Å². The van der Waals surface area contributed by atoms with Gasteiger partial charge in [-0.2, -0.15) is 0 Å². The fraction of sp³-hybridized carbons (Fsp3) is 0.312. The van der Waals surface area contributed by atoms with E-state index >= 15 is 0 Å². The number of hydrogen-bond donors (Lipinski definition) is 0. The summed E-state index contributed by atoms with van der Waals surface area (Å²) in [5.74, 6) is -7.90. The Morgan fingerprint density at radius 3 is 1.55 bits per heavy atom. The van der Waals surface area contributed by atoms with Gasteiger partial charge in [-0.1, -0.05) is 20.8 Å². The monoisotopic (exact) mass is 630 g/mol. The van der Waals surface area contributed by atoms with Gasteiger partial charge in [-0.15, -0.1) is 0 Å². The molecule has 238 valence electrons. The van der Waals surface area contributed by atoms with Gasteiger partial charge in [0.15, 0.2) is 29.0 Å². The van der Waals surface area contributed by atoms with Crippen LogP contribution in [0.2, 0.25) is 0 Å². The van der Waals surface area contributed by atoms with Gasteiger partial charge in [0, 0.05) is 27.4 Å². The third-order valence-electron chi connectivity index (χ3n) is 6.13. The van der Waals surface area contributed by atoms with Crippen LogP contribution < -0.4 is 19.2 Å². The van der Waals surface area contributed by atoms with E-state index in [-0.39, 0.29) is 5.56 Å². The topological polar surface area (TPSA) is 36.9 Å². The summed E-state index contributed by atoms with van der Waals surface area (Å²) in [4.78, 5) is 3.28. The largest absolute Gasteiger partial charge is 0.493 e. The van der Waals surface area contributed by atoms with Gasteiger partial charge in [0.05, 0.1) is 30.9 Å². The highest BCUT2D eigenvalue weighted by Gasteiger charge is 2.22. The summed E-state index contributed by atoms with van der Waals surface area (Å²) >= 11 is 0. The summed E-state index contributed by atoms with van der Waals surface area (Å²) in [5.41, 5.74) is 0.0686. The summed E-state index contributed by atoms with van der Waals surface area (Å²) in [6.07, 6.45) is 2.35. The Morgan fingerprint density at radius 2 is 1.07 bits per heavy atom. The van der Waals surface area contributed by atoms with E-state index in [4.69, 9.17) is 14.2 Å². The zero-order valence-electron chi connectivity index (χ0n) is 24.1. The quantitative estimate of drug-likeness (QED) is 0.0887. The fourth-order valence-electron chi connectivity index (χ4n) is 4.05. The van der Waals surface area contributed by atoms with E-state index in [1.807, 2.05) is 20.8 Å². The molecule has 0 heterocycles. The molecule has 0 spiro atoms. The maximum Gasteiger partial charge on any atom is 0.198 e. The average Bonchev–Trinajstić information content (AvgIpc) is 3.03. The highest BCUT2D eigenvalue weighted by atomic mass is 19.3. The van der Waals surface area contributed by atoms with Crippen LogP contribution in [-0.4, -0.2) is 19.8 Å². The van der Waals surface area contributed by atoms with Crippen molar-refractivity contribution in [2.24, 2.45) is 0 Å². The molecule has 4 aromatic carbocycles. The average molecular weight is 631 g/mol. The lowest BCUT2D eigenvalue weighted by atomic mass is 10.0. The minimum absolute atomic E-state index is 0.228. The third-order valence-corrected chi connectivity index (χ3v) is 6.13. The number of ether oxygens (including phenoxy) is 3. The van der Waals surface area contributed by atoms with Gasteiger partial charge < -0.3 is 14.2 Å². The van der Waals surface area contributed by atoms with Crippen molar-refractivity contribution in [3.8, 4) is 34.1 Å². The SMILES string of the molecule is CCCOc1cc(OCCC)c(-c2cc(F)c(CF)c(F)c2)c(OCCC)c1.FOc1ccc2c(F)c(F)c(F)c(F)c2c1. The van der Waals surface area contributed by atoms with Crippen LogP contribution in [0.4, 0.5) is 35.3 Å². The predicted octanol–water partition coefficient (Wildman–Crippen LogP) is 10.1. The van der Waals surface area contributed by atoms with E-state index in [1.54, 1.807) is 12.1 Å². The number of rotatable bonds is 12. The van der Waals surface area contributed by atoms with Crippen LogP contribution >= 0.6 is 0 Å². The minimum Gasteiger partial charge on any atom is -0.493 e. The second-order valence-electron chi connectivity index (χ2n) is 9.43. The first kappa shape index (κ1) is 34.3. The molecule has 0 unspecified atom stereocenters. The van der Waals surface area contributed by atoms with Crippen molar-refractivity contribution in [1.29, 1.82) is 0 Å². The van der Waals surface area contributed by atoms with Crippen LogP contribution in [0.5, 0.6) is 23.0 Å². The molecule has 0 radical (unpaired) electrons. The molecule has 44 heavy (non-hydrogen) atoms. The predicted molar refractivity (Wildman–Crippen MR) is 149 cm³/mol. The Morgan fingerprint density at radius 1 is 0.568 bits per heavy atom. The van der Waals surface area contributed by atoms with E-state index in [1.165, 1.54) is 0 Å². The van der Waals surface area contributed by atoms with Crippen LogP contribution in [-0.2, 0) is 6.67 Å². The van der Waals surface area contributed by atoms with Gasteiger partial charge in [0.1, 0.15) is 35.6 Å². The fourth-order valence-corrected chi connectivity index (χ4v) is 4.05. The first-order chi connectivity index (χ1) is 21.1. The molecule has 4 nitrogen and oxygen atoms in total. The normalized spacial score (nSPS) is 10.8. The second kappa shape index (κ2) is 16.0. The Labute approximate surface area is 249 Å². The molecule has 0 amide bonds. The van der Waals surface area contributed by atoms with Gasteiger partial charge in [0.2, 0.25) is 0 Å². The van der Waals surface area contributed by atoms with E-state index in [0.717, 1.165) is 49.6 Å². The lowest BCUT2D eigenvalue weighted by Crippen LogP contribution is -2.04. The molecule has 0 bridgehead atoms. The Balaban J connectivity index is 0.000000278. The van der Waals surface area contributed by atoms with Gasteiger partial charge >= 0.3 is 0 Å². The molecule has 4 rings (SSSR count). The highest BCUT2D eigenvalue weighted by molar-refractivity contribution is 5.85. The Hall–Kier alpha value is -4.22. The molecular formula is C32H30F8O4. The second-order valence-corrected chi connectivity index (χ2v) is 9.43. The standard InChI is InChI=1S/C22H27F3O3.C10H3F5O/c1-4-7-26-16-12-20(27-8-5-2)22(21(13-16)28-9-6-3)15-10-18(24)17(14-23)19(25)11-15;11-7-5-2-1-4(16-15)3-6(5)8(12)10(14)9(7)13/h10-13H,4-9,14H2,1-3H3;1-3H. The van der Waals surface area contributed by atoms with Gasteiger partial charge in [0.25, 0.3) is 0 Å². The zero-order chi connectivity index (χ0) is 32.4. The summed E-state index contributed by atoms with van der Waals surface area (Å²) in [6.45, 7) is 6.07. The Bertz CT molecular complexity index is 1530. The molecule has 0 N–H and O–H groups in total. The lowest BCUT2D eigenvalue weighted by molar-refractivity contribution is -0.00605. The van der Waals surface area contributed by atoms with E-state index in [0.29, 0.717) is 42.6 Å². The van der Waals surface area contributed by atoms with Crippen molar-refractivity contribution < 1.29 is 54.4 Å². The van der Waals surface area contributed by atoms with Crippen LogP contribution in [0.1, 0.15) is 45.6 Å². The molecule has 0 aliphatic carbocycles. The van der Waals surface area contributed by atoms with Crippen molar-refractivity contribution in [3.05, 3.63) is 82.9 Å². The van der Waals surface area contributed by atoms with E-state index < -0.39 is 63.7 Å². The van der Waals surface area contributed by atoms with Crippen LogP contribution in [0.3, 0.4) is 0 Å². The molecule has 0 fully saturated rings. The first-order valence-corrected chi connectivity index (χ1v) is 13.8. The summed E-state index contributed by atoms with van der Waals surface area (Å²) < 4.78 is 123. The van der Waals surface area contributed by atoms with Crippen molar-refractivity contribution in [1.82, 2.24) is 0 Å². The molecule has 12 heteroatoms. The summed E-state index contributed by atoms with van der Waals surface area (Å²) in [6, 6.07) is 8.19. The third kappa shape index (κ3) is 7.83. The zero-order valence-corrected chi connectivity index (χ0v) is 24.1. The smallest absolute Gasteiger partial charge is 0.198 e. The lowest BCUT2D eigenvalue weighted by Gasteiger charge is -2.19.